The van der Waals surface area contributed by atoms with Crippen molar-refractivity contribution in [3.05, 3.63) is 40.3 Å². The van der Waals surface area contributed by atoms with Gasteiger partial charge in [-0.2, -0.15) is 0 Å². The number of nitrogens with one attached hydrogen (secondary N) is 1. The normalized spacial score (nSPS) is 13.1. The molecule has 1 rings (SSSR count). The van der Waals surface area contributed by atoms with Crippen LogP contribution in [0.15, 0.2) is 35.3 Å². The Bertz CT molecular complexity index is 550. The van der Waals surface area contributed by atoms with E-state index in [0.717, 1.165) is 0 Å². The number of amides is 1. The average molecular weight is 377 g/mol. The molecule has 1 amide bonds. The maximum atomic E-state index is 11.9. The van der Waals surface area contributed by atoms with Gasteiger partial charge in [0.2, 0.25) is 0 Å². The lowest BCUT2D eigenvalue weighted by molar-refractivity contribution is -0.142. The van der Waals surface area contributed by atoms with Crippen molar-refractivity contribution in [2.24, 2.45) is 0 Å². The van der Waals surface area contributed by atoms with Crippen molar-refractivity contribution in [2.45, 2.75) is 25.5 Å². The minimum absolute atomic E-state index is 0.137. The second kappa shape index (κ2) is 8.05. The first kappa shape index (κ1) is 17.5. The molecule has 5 nitrogen and oxygen atoms in total. The molecule has 21 heavy (non-hydrogen) atoms. The van der Waals surface area contributed by atoms with Gasteiger partial charge in [0.05, 0.1) is 4.47 Å². The maximum absolute atomic E-state index is 11.9. The van der Waals surface area contributed by atoms with Gasteiger partial charge in [0, 0.05) is 5.02 Å². The topological polar surface area (TPSA) is 75.6 Å². The molecule has 0 fully saturated rings. The van der Waals surface area contributed by atoms with E-state index in [0.29, 0.717) is 15.2 Å². The first-order valence-electron chi connectivity index (χ1n) is 6.11. The van der Waals surface area contributed by atoms with Gasteiger partial charge in [-0.05, 0) is 47.5 Å². The lowest BCUT2D eigenvalue weighted by atomic mass is 10.2. The summed E-state index contributed by atoms with van der Waals surface area (Å²) in [6, 6.07) is 3.87. The molecule has 2 atom stereocenters. The van der Waals surface area contributed by atoms with Crippen molar-refractivity contribution < 1.29 is 19.4 Å². The fourth-order valence-corrected chi connectivity index (χ4v) is 2.27. The van der Waals surface area contributed by atoms with Crippen LogP contribution in [0.5, 0.6) is 5.75 Å². The van der Waals surface area contributed by atoms with Gasteiger partial charge in [-0.25, -0.2) is 4.79 Å². The smallest absolute Gasteiger partial charge is 0.326 e. The number of hydrogen-bond donors (Lipinski definition) is 2. The summed E-state index contributed by atoms with van der Waals surface area (Å²) in [5, 5.41) is 11.9. The van der Waals surface area contributed by atoms with Gasteiger partial charge in [0.1, 0.15) is 11.8 Å². The van der Waals surface area contributed by atoms with E-state index >= 15 is 0 Å². The van der Waals surface area contributed by atoms with E-state index in [9.17, 15) is 9.59 Å². The van der Waals surface area contributed by atoms with E-state index in [1.165, 1.54) is 13.0 Å². The predicted molar refractivity (Wildman–Crippen MR) is 83.6 cm³/mol. The molecule has 0 saturated heterocycles. The lowest BCUT2D eigenvalue weighted by Crippen LogP contribution is -2.46. The van der Waals surface area contributed by atoms with E-state index in [1.54, 1.807) is 18.2 Å². The zero-order chi connectivity index (χ0) is 16.0. The molecule has 1 aromatic rings. The maximum Gasteiger partial charge on any atom is 0.326 e. The zero-order valence-electron chi connectivity index (χ0n) is 11.3. The fourth-order valence-electron chi connectivity index (χ4n) is 1.49. The van der Waals surface area contributed by atoms with E-state index in [2.05, 4.69) is 27.8 Å². The number of carbonyl (C=O) groups is 2. The molecule has 114 valence electrons. The average Bonchev–Trinajstić information content (AvgIpc) is 2.41. The van der Waals surface area contributed by atoms with Crippen LogP contribution in [-0.2, 0) is 9.59 Å². The van der Waals surface area contributed by atoms with Crippen LogP contribution in [0.4, 0.5) is 0 Å². The third kappa shape index (κ3) is 5.40. The van der Waals surface area contributed by atoms with Crippen molar-refractivity contribution in [3.8, 4) is 5.75 Å². The highest BCUT2D eigenvalue weighted by atomic mass is 79.9. The molecule has 0 heterocycles. The van der Waals surface area contributed by atoms with Crippen molar-refractivity contribution in [3.63, 3.8) is 0 Å². The summed E-state index contributed by atoms with van der Waals surface area (Å²) in [5.74, 6) is -1.20. The largest absolute Gasteiger partial charge is 0.480 e. The number of aliphatic carboxylic acids is 1. The molecule has 0 aromatic heterocycles. The monoisotopic (exact) mass is 375 g/mol. The number of benzene rings is 1. The van der Waals surface area contributed by atoms with Crippen molar-refractivity contribution in [1.29, 1.82) is 0 Å². The van der Waals surface area contributed by atoms with Crippen LogP contribution < -0.4 is 10.1 Å². The Kier molecular flexibility index (Phi) is 6.71. The van der Waals surface area contributed by atoms with Crippen LogP contribution in [0.1, 0.15) is 13.3 Å². The van der Waals surface area contributed by atoms with Gasteiger partial charge < -0.3 is 15.2 Å². The Hall–Kier alpha value is -1.53. The lowest BCUT2D eigenvalue weighted by Gasteiger charge is -2.18. The summed E-state index contributed by atoms with van der Waals surface area (Å²) in [6.45, 7) is 4.99. The molecular formula is C14H15BrClNO4. The number of carbonyl (C=O) groups excluding carboxylic acids is 1. The van der Waals surface area contributed by atoms with Crippen LogP contribution in [0.3, 0.4) is 0 Å². The van der Waals surface area contributed by atoms with Gasteiger partial charge >= 0.3 is 5.97 Å². The van der Waals surface area contributed by atoms with Gasteiger partial charge in [-0.15, -0.1) is 6.58 Å². The van der Waals surface area contributed by atoms with E-state index in [-0.39, 0.29) is 6.42 Å². The summed E-state index contributed by atoms with van der Waals surface area (Å²) >= 11 is 9.09. The van der Waals surface area contributed by atoms with Crippen molar-refractivity contribution in [2.75, 3.05) is 0 Å². The zero-order valence-corrected chi connectivity index (χ0v) is 13.6. The Morgan fingerprint density at radius 1 is 1.57 bits per heavy atom. The molecule has 7 heteroatoms. The molecule has 0 radical (unpaired) electrons. The number of carboxylic acid groups (broad SMARTS) is 1. The highest BCUT2D eigenvalue weighted by molar-refractivity contribution is 9.10. The molecule has 2 unspecified atom stereocenters. The Labute approximate surface area is 136 Å². The standard InChI is InChI=1S/C14H15BrClNO4/c1-3-4-11(14(19)20)17-13(18)8(2)21-12-6-5-9(16)7-10(12)15/h3,5-8,11H,1,4H2,2H3,(H,17,18)(H,19,20). The van der Waals surface area contributed by atoms with Crippen LogP contribution in [0.2, 0.25) is 5.02 Å². The Morgan fingerprint density at radius 3 is 2.76 bits per heavy atom. The quantitative estimate of drug-likeness (QED) is 0.717. The van der Waals surface area contributed by atoms with E-state index < -0.39 is 24.0 Å². The molecule has 0 bridgehead atoms. The van der Waals surface area contributed by atoms with Crippen LogP contribution >= 0.6 is 27.5 Å². The van der Waals surface area contributed by atoms with Gasteiger partial charge in [-0.1, -0.05) is 17.7 Å². The summed E-state index contributed by atoms with van der Waals surface area (Å²) in [5.41, 5.74) is 0. The second-order valence-electron chi connectivity index (χ2n) is 4.26. The summed E-state index contributed by atoms with van der Waals surface area (Å²) in [4.78, 5) is 22.9. The molecule has 0 spiro atoms. The van der Waals surface area contributed by atoms with Gasteiger partial charge in [0.15, 0.2) is 6.10 Å². The summed E-state index contributed by atoms with van der Waals surface area (Å²) in [6.07, 6.45) is 0.716. The summed E-state index contributed by atoms with van der Waals surface area (Å²) in [7, 11) is 0. The number of ether oxygens (including phenoxy) is 1. The molecule has 0 saturated carbocycles. The fraction of sp³-hybridized carbons (Fsp3) is 0.286. The number of hydrogen-bond acceptors (Lipinski definition) is 3. The highest BCUT2D eigenvalue weighted by Gasteiger charge is 2.23. The third-order valence-corrected chi connectivity index (χ3v) is 3.44. The van der Waals surface area contributed by atoms with Crippen molar-refractivity contribution >= 4 is 39.4 Å². The van der Waals surface area contributed by atoms with E-state index in [4.69, 9.17) is 21.4 Å². The molecule has 2 N–H and O–H groups in total. The summed E-state index contributed by atoms with van der Waals surface area (Å²) < 4.78 is 6.09. The van der Waals surface area contributed by atoms with Crippen LogP contribution in [0, 0.1) is 0 Å². The molecule has 0 aliphatic rings. The SMILES string of the molecule is C=CCC(NC(=O)C(C)Oc1ccc(Cl)cc1Br)C(=O)O. The van der Waals surface area contributed by atoms with E-state index in [1.807, 2.05) is 0 Å². The molecule has 1 aromatic carbocycles. The molecular weight excluding hydrogens is 362 g/mol. The Morgan fingerprint density at radius 2 is 2.24 bits per heavy atom. The van der Waals surface area contributed by atoms with Crippen molar-refractivity contribution in [1.82, 2.24) is 5.32 Å². The van der Waals surface area contributed by atoms with Crippen LogP contribution in [0.25, 0.3) is 0 Å². The highest BCUT2D eigenvalue weighted by Crippen LogP contribution is 2.28. The minimum atomic E-state index is -1.12. The predicted octanol–water partition coefficient (Wildman–Crippen LogP) is 3.02. The number of halogens is 2. The first-order chi connectivity index (χ1) is 9.85. The number of rotatable bonds is 7. The third-order valence-electron chi connectivity index (χ3n) is 2.58. The van der Waals surface area contributed by atoms with Gasteiger partial charge in [0.25, 0.3) is 5.91 Å². The molecule has 0 aliphatic carbocycles. The number of carboxylic acids is 1. The van der Waals surface area contributed by atoms with Gasteiger partial charge in [-0.3, -0.25) is 4.79 Å². The second-order valence-corrected chi connectivity index (χ2v) is 5.55. The first-order valence-corrected chi connectivity index (χ1v) is 7.28. The molecule has 0 aliphatic heterocycles. The minimum Gasteiger partial charge on any atom is -0.480 e. The van der Waals surface area contributed by atoms with Crippen LogP contribution in [-0.4, -0.2) is 29.1 Å². The Balaban J connectivity index is 2.69.